The van der Waals surface area contributed by atoms with Crippen LogP contribution >= 0.6 is 46.6 Å². The number of nitrogens with zero attached hydrogens (tertiary/aromatic N) is 1. The second kappa shape index (κ2) is 10.6. The van der Waals surface area contributed by atoms with E-state index in [0.717, 1.165) is 34.6 Å². The Bertz CT molecular complexity index is 1030. The third-order valence-electron chi connectivity index (χ3n) is 4.65. The first-order chi connectivity index (χ1) is 14.5. The molecule has 3 nitrogen and oxygen atoms in total. The van der Waals surface area contributed by atoms with Crippen molar-refractivity contribution in [2.24, 2.45) is 0 Å². The van der Waals surface area contributed by atoms with Crippen molar-refractivity contribution in [3.05, 3.63) is 69.3 Å². The lowest BCUT2D eigenvalue weighted by Crippen LogP contribution is -2.13. The third-order valence-corrected chi connectivity index (χ3v) is 6.15. The Morgan fingerprint density at radius 3 is 2.33 bits per heavy atom. The molecule has 7 heteroatoms. The molecule has 0 amide bonds. The molecule has 0 bridgehead atoms. The fraction of sp³-hybridized carbons (Fsp3) is 0.261. The smallest absolute Gasteiger partial charge is 0.354 e. The molecule has 0 atom stereocenters. The molecule has 30 heavy (non-hydrogen) atoms. The van der Waals surface area contributed by atoms with E-state index in [-0.39, 0.29) is 5.97 Å². The van der Waals surface area contributed by atoms with Crippen LogP contribution in [0.1, 0.15) is 23.8 Å². The van der Waals surface area contributed by atoms with Gasteiger partial charge in [0.2, 0.25) is 0 Å². The largest absolute Gasteiger partial charge is 0.461 e. The number of benzene rings is 2. The zero-order valence-corrected chi connectivity index (χ0v) is 19.8. The van der Waals surface area contributed by atoms with E-state index in [9.17, 15) is 4.79 Å². The maximum atomic E-state index is 12.8. The second-order valence-electron chi connectivity index (χ2n) is 6.64. The van der Waals surface area contributed by atoms with Gasteiger partial charge in [-0.05, 0) is 61.2 Å². The maximum Gasteiger partial charge on any atom is 0.354 e. The van der Waals surface area contributed by atoms with Crippen LogP contribution in [0.3, 0.4) is 0 Å². The van der Waals surface area contributed by atoms with Crippen LogP contribution in [0.4, 0.5) is 0 Å². The summed E-state index contributed by atoms with van der Waals surface area (Å²) in [6.07, 6.45) is 2.98. The summed E-state index contributed by atoms with van der Waals surface area (Å²) in [7, 11) is 0. The van der Waals surface area contributed by atoms with Gasteiger partial charge < -0.3 is 9.30 Å². The normalized spacial score (nSPS) is 11.0. The predicted molar refractivity (Wildman–Crippen MR) is 129 cm³/mol. The molecule has 3 rings (SSSR count). The maximum absolute atomic E-state index is 12.8. The quantitative estimate of drug-likeness (QED) is 0.243. The molecule has 0 aliphatic heterocycles. The van der Waals surface area contributed by atoms with E-state index in [4.69, 9.17) is 39.5 Å². The van der Waals surface area contributed by atoms with Gasteiger partial charge in [-0.15, -0.1) is 0 Å². The Kier molecular flexibility index (Phi) is 8.18. The van der Waals surface area contributed by atoms with Gasteiger partial charge >= 0.3 is 5.97 Å². The number of halogens is 3. The highest BCUT2D eigenvalue weighted by molar-refractivity contribution is 7.98. The van der Waals surface area contributed by atoms with Gasteiger partial charge in [0.25, 0.3) is 0 Å². The molecule has 0 saturated heterocycles. The van der Waals surface area contributed by atoms with Crippen LogP contribution < -0.4 is 0 Å². The number of hydrogen-bond donors (Lipinski definition) is 0. The first kappa shape index (κ1) is 23.1. The molecule has 0 fully saturated rings. The molecule has 0 unspecified atom stereocenters. The van der Waals surface area contributed by atoms with E-state index in [1.165, 1.54) is 0 Å². The Labute approximate surface area is 196 Å². The first-order valence-corrected chi connectivity index (χ1v) is 12.1. The van der Waals surface area contributed by atoms with Gasteiger partial charge in [-0.3, -0.25) is 0 Å². The summed E-state index contributed by atoms with van der Waals surface area (Å²) >= 11 is 20.5. The molecule has 2 aromatic carbocycles. The lowest BCUT2D eigenvalue weighted by molar-refractivity contribution is 0.0514. The van der Waals surface area contributed by atoms with Gasteiger partial charge in [-0.25, -0.2) is 4.79 Å². The van der Waals surface area contributed by atoms with Gasteiger partial charge in [-0.1, -0.05) is 53.0 Å². The standard InChI is InChI=1S/C23H22Cl3NO2S/c1-3-29-23(28)21-14-19(18-10-9-17(25)13-20(18)26)22(27(21)11-4-12-30-2)15-5-7-16(24)8-6-15/h5-10,13-14H,3-4,11-12H2,1-2H3. The highest BCUT2D eigenvalue weighted by atomic mass is 35.5. The molecule has 0 radical (unpaired) electrons. The molecule has 0 saturated carbocycles. The second-order valence-corrected chi connectivity index (χ2v) is 8.91. The zero-order chi connectivity index (χ0) is 21.7. The van der Waals surface area contributed by atoms with Crippen molar-refractivity contribution in [1.29, 1.82) is 0 Å². The summed E-state index contributed by atoms with van der Waals surface area (Å²) in [5.74, 6) is 0.630. The van der Waals surface area contributed by atoms with Gasteiger partial charge in [0.05, 0.1) is 12.3 Å². The minimum atomic E-state index is -0.354. The zero-order valence-electron chi connectivity index (χ0n) is 16.8. The molecule has 1 aromatic heterocycles. The average molecular weight is 483 g/mol. The van der Waals surface area contributed by atoms with E-state index >= 15 is 0 Å². The summed E-state index contributed by atoms with van der Waals surface area (Å²) in [5, 5.41) is 1.73. The van der Waals surface area contributed by atoms with Crippen molar-refractivity contribution in [2.45, 2.75) is 19.9 Å². The van der Waals surface area contributed by atoms with Gasteiger partial charge in [0, 0.05) is 32.7 Å². The number of carbonyl (C=O) groups excluding carboxylic acids is 1. The fourth-order valence-electron chi connectivity index (χ4n) is 3.35. The number of hydrogen-bond acceptors (Lipinski definition) is 3. The van der Waals surface area contributed by atoms with Crippen LogP contribution in [-0.2, 0) is 11.3 Å². The molecule has 0 N–H and O–H groups in total. The van der Waals surface area contributed by atoms with Crippen molar-refractivity contribution >= 4 is 52.5 Å². The summed E-state index contributed by atoms with van der Waals surface area (Å²) in [6, 6.07) is 14.8. The van der Waals surface area contributed by atoms with Crippen molar-refractivity contribution in [2.75, 3.05) is 18.6 Å². The molecule has 0 spiro atoms. The van der Waals surface area contributed by atoms with E-state index in [1.807, 2.05) is 41.0 Å². The highest BCUT2D eigenvalue weighted by Gasteiger charge is 2.24. The number of carbonyl (C=O) groups is 1. The molecule has 0 aliphatic rings. The predicted octanol–water partition coefficient (Wildman–Crippen LogP) is 7.71. The van der Waals surface area contributed by atoms with Crippen molar-refractivity contribution < 1.29 is 9.53 Å². The Balaban J connectivity index is 2.26. The average Bonchev–Trinajstić information content (AvgIpc) is 3.08. The van der Waals surface area contributed by atoms with Crippen LogP contribution in [0.25, 0.3) is 22.4 Å². The van der Waals surface area contributed by atoms with Gasteiger partial charge in [-0.2, -0.15) is 11.8 Å². The minimum absolute atomic E-state index is 0.308. The van der Waals surface area contributed by atoms with Crippen molar-refractivity contribution in [3.63, 3.8) is 0 Å². The van der Waals surface area contributed by atoms with Crippen LogP contribution in [0.15, 0.2) is 48.5 Å². The van der Waals surface area contributed by atoms with Gasteiger partial charge in [0.15, 0.2) is 0 Å². The summed E-state index contributed by atoms with van der Waals surface area (Å²) < 4.78 is 7.37. The molecule has 158 valence electrons. The minimum Gasteiger partial charge on any atom is -0.461 e. The number of esters is 1. The monoisotopic (exact) mass is 481 g/mol. The Morgan fingerprint density at radius 2 is 1.70 bits per heavy atom. The van der Waals surface area contributed by atoms with E-state index in [2.05, 4.69) is 6.26 Å². The molecule has 0 aliphatic carbocycles. The molecule has 3 aromatic rings. The van der Waals surface area contributed by atoms with Crippen molar-refractivity contribution in [1.82, 2.24) is 4.57 Å². The van der Waals surface area contributed by atoms with E-state index in [1.54, 1.807) is 30.8 Å². The Morgan fingerprint density at radius 1 is 1.00 bits per heavy atom. The third kappa shape index (κ3) is 5.17. The van der Waals surface area contributed by atoms with Crippen LogP contribution in [-0.4, -0.2) is 29.2 Å². The lowest BCUT2D eigenvalue weighted by atomic mass is 10.0. The van der Waals surface area contributed by atoms with E-state index in [0.29, 0.717) is 33.9 Å². The van der Waals surface area contributed by atoms with Crippen LogP contribution in [0.5, 0.6) is 0 Å². The highest BCUT2D eigenvalue weighted by Crippen LogP contribution is 2.40. The number of ether oxygens (including phenoxy) is 1. The number of aromatic nitrogens is 1. The van der Waals surface area contributed by atoms with Gasteiger partial charge in [0.1, 0.15) is 5.69 Å². The van der Waals surface area contributed by atoms with Crippen molar-refractivity contribution in [3.8, 4) is 22.4 Å². The SMILES string of the molecule is CCOC(=O)c1cc(-c2ccc(Cl)cc2Cl)c(-c2ccc(Cl)cc2)n1CCCSC. The number of rotatable bonds is 8. The van der Waals surface area contributed by atoms with E-state index < -0.39 is 0 Å². The summed E-state index contributed by atoms with van der Waals surface area (Å²) in [4.78, 5) is 12.8. The summed E-state index contributed by atoms with van der Waals surface area (Å²) in [6.45, 7) is 2.79. The Hall–Kier alpha value is -1.59. The lowest BCUT2D eigenvalue weighted by Gasteiger charge is -2.15. The first-order valence-electron chi connectivity index (χ1n) is 9.57. The fourth-order valence-corrected chi connectivity index (χ4v) is 4.41. The topological polar surface area (TPSA) is 31.2 Å². The van der Waals surface area contributed by atoms with Crippen LogP contribution in [0, 0.1) is 0 Å². The molecule has 1 heterocycles. The number of thioether (sulfide) groups is 1. The molecular weight excluding hydrogens is 461 g/mol. The van der Waals surface area contributed by atoms with Crippen LogP contribution in [0.2, 0.25) is 15.1 Å². The summed E-state index contributed by atoms with van der Waals surface area (Å²) in [5.41, 5.74) is 4.01. The molecular formula is C23H22Cl3NO2S.